The summed E-state index contributed by atoms with van der Waals surface area (Å²) in [4.78, 5) is 0. The van der Waals surface area contributed by atoms with Gasteiger partial charge in [-0.15, -0.1) is 0 Å². The van der Waals surface area contributed by atoms with Crippen molar-refractivity contribution in [1.29, 1.82) is 0 Å². The zero-order valence-corrected chi connectivity index (χ0v) is 16.1. The molecule has 0 aromatic rings. The molecule has 1 nitrogen and oxygen atoms in total. The summed E-state index contributed by atoms with van der Waals surface area (Å²) in [6, 6.07) is 0.297. The number of hydrogen-bond donors (Lipinski definition) is 1. The molecule has 0 aromatic carbocycles. The fourth-order valence-corrected chi connectivity index (χ4v) is 9.43. The Kier molecular flexibility index (Phi) is 3.63. The maximum Gasteiger partial charge on any atom is 0.0226 e. The largest absolute Gasteiger partial charge is 0.324 e. The molecule has 0 aliphatic heterocycles. The third-order valence-corrected chi connectivity index (χ3v) is 9.83. The van der Waals surface area contributed by atoms with E-state index in [4.69, 9.17) is 5.73 Å². The van der Waals surface area contributed by atoms with Gasteiger partial charge < -0.3 is 5.73 Å². The molecule has 6 aliphatic rings. The highest BCUT2D eigenvalue weighted by molar-refractivity contribution is 5.29. The van der Waals surface area contributed by atoms with Gasteiger partial charge in [0.25, 0.3) is 0 Å². The highest BCUT2D eigenvalue weighted by Gasteiger charge is 2.70. The van der Waals surface area contributed by atoms with E-state index in [1.165, 1.54) is 57.8 Å². The van der Waals surface area contributed by atoms with Gasteiger partial charge in [-0.25, -0.2) is 0 Å². The van der Waals surface area contributed by atoms with Crippen LogP contribution in [0.1, 0.15) is 57.8 Å². The van der Waals surface area contributed by atoms with Crippen LogP contribution >= 0.6 is 0 Å². The summed E-state index contributed by atoms with van der Waals surface area (Å²) < 4.78 is 0. The summed E-state index contributed by atoms with van der Waals surface area (Å²) in [7, 11) is 0. The van der Waals surface area contributed by atoms with Crippen LogP contribution in [0.5, 0.6) is 0 Å². The minimum Gasteiger partial charge on any atom is -0.324 e. The van der Waals surface area contributed by atoms with Crippen LogP contribution in [0.4, 0.5) is 0 Å². The molecule has 0 saturated heterocycles. The van der Waals surface area contributed by atoms with Crippen molar-refractivity contribution >= 4 is 0 Å². The van der Waals surface area contributed by atoms with E-state index < -0.39 is 0 Å². The molecule has 2 N–H and O–H groups in total. The molecular formula is C25H35N. The molecule has 10 atom stereocenters. The first kappa shape index (κ1) is 16.2. The van der Waals surface area contributed by atoms with Gasteiger partial charge in [0.05, 0.1) is 0 Å². The van der Waals surface area contributed by atoms with Crippen molar-refractivity contribution in [3.8, 4) is 0 Å². The monoisotopic (exact) mass is 349 g/mol. The molecule has 6 aliphatic carbocycles. The molecule has 3 fully saturated rings. The normalized spacial score (nSPS) is 56.9. The quantitative estimate of drug-likeness (QED) is 0.575. The zero-order chi connectivity index (χ0) is 17.3. The lowest BCUT2D eigenvalue weighted by molar-refractivity contribution is -0.00347. The lowest BCUT2D eigenvalue weighted by atomic mass is 9.54. The summed E-state index contributed by atoms with van der Waals surface area (Å²) >= 11 is 0. The number of fused-ring (bicyclic) bond motifs is 10. The van der Waals surface area contributed by atoms with Crippen LogP contribution in [0.25, 0.3) is 0 Å². The Bertz CT molecular complexity index is 659. The summed E-state index contributed by atoms with van der Waals surface area (Å²) in [6.45, 7) is 0. The van der Waals surface area contributed by atoms with Crippen molar-refractivity contribution < 1.29 is 0 Å². The third kappa shape index (κ3) is 1.91. The molecule has 0 bridgehead atoms. The summed E-state index contributed by atoms with van der Waals surface area (Å²) in [6.07, 6.45) is 28.2. The van der Waals surface area contributed by atoms with Gasteiger partial charge in [-0.1, -0.05) is 49.3 Å². The Hall–Kier alpha value is -0.820. The average molecular weight is 350 g/mol. The van der Waals surface area contributed by atoms with Crippen LogP contribution in [0.15, 0.2) is 36.5 Å². The van der Waals surface area contributed by atoms with Gasteiger partial charge in [0.2, 0.25) is 0 Å². The van der Waals surface area contributed by atoms with E-state index in [0.717, 1.165) is 47.3 Å². The predicted molar refractivity (Wildman–Crippen MR) is 107 cm³/mol. The number of allylic oxidation sites excluding steroid dienone is 5. The fraction of sp³-hybridized carbons (Fsp3) is 0.760. The van der Waals surface area contributed by atoms with E-state index in [1.807, 2.05) is 0 Å². The van der Waals surface area contributed by atoms with Crippen LogP contribution in [-0.2, 0) is 0 Å². The summed E-state index contributed by atoms with van der Waals surface area (Å²) in [5.41, 5.74) is 7.11. The third-order valence-electron chi connectivity index (χ3n) is 9.83. The van der Waals surface area contributed by atoms with Gasteiger partial charge in [0.15, 0.2) is 0 Å². The van der Waals surface area contributed by atoms with Crippen molar-refractivity contribution in [3.63, 3.8) is 0 Å². The van der Waals surface area contributed by atoms with Crippen LogP contribution in [0.2, 0.25) is 0 Å². The van der Waals surface area contributed by atoms with E-state index in [9.17, 15) is 0 Å². The number of nitrogens with two attached hydrogens (primary N) is 1. The molecule has 140 valence electrons. The Balaban J connectivity index is 1.55. The van der Waals surface area contributed by atoms with Gasteiger partial charge in [-0.3, -0.25) is 0 Å². The average Bonchev–Trinajstić information content (AvgIpc) is 3.15. The minimum absolute atomic E-state index is 0.297. The molecular weight excluding hydrogens is 314 g/mol. The van der Waals surface area contributed by atoms with Gasteiger partial charge in [-0.2, -0.15) is 0 Å². The van der Waals surface area contributed by atoms with E-state index in [0.29, 0.717) is 11.5 Å². The zero-order valence-electron chi connectivity index (χ0n) is 16.1. The molecule has 6 rings (SSSR count). The standard InChI is InChI=1S/C25H35N/c26-16-13-14-20-19-9-3-6-12-23(19)25(24(20)15-16)21-10-4-1-7-17(21)18-8-2-5-11-22(18)25/h3-4,9-10,13-14,16-24H,1-2,5-8,11-12,15,26H2. The van der Waals surface area contributed by atoms with Gasteiger partial charge >= 0.3 is 0 Å². The van der Waals surface area contributed by atoms with Crippen molar-refractivity contribution in [2.24, 2.45) is 58.5 Å². The van der Waals surface area contributed by atoms with Gasteiger partial charge in [0.1, 0.15) is 0 Å². The molecule has 1 heteroatoms. The topological polar surface area (TPSA) is 26.0 Å². The lowest BCUT2D eigenvalue weighted by Gasteiger charge is -2.50. The molecule has 0 aromatic heterocycles. The smallest absolute Gasteiger partial charge is 0.0226 e. The fourth-order valence-electron chi connectivity index (χ4n) is 9.43. The second kappa shape index (κ2) is 5.84. The lowest BCUT2D eigenvalue weighted by Crippen LogP contribution is -2.46. The van der Waals surface area contributed by atoms with Crippen LogP contribution in [-0.4, -0.2) is 6.04 Å². The Morgan fingerprint density at radius 2 is 1.50 bits per heavy atom. The first-order valence-electron chi connectivity index (χ1n) is 11.6. The van der Waals surface area contributed by atoms with Crippen molar-refractivity contribution in [2.45, 2.75) is 63.8 Å². The molecule has 0 amide bonds. The predicted octanol–water partition coefficient (Wildman–Crippen LogP) is 5.49. The highest BCUT2D eigenvalue weighted by Crippen LogP contribution is 2.75. The van der Waals surface area contributed by atoms with Gasteiger partial charge in [-0.05, 0) is 97.7 Å². The van der Waals surface area contributed by atoms with E-state index in [2.05, 4.69) is 36.5 Å². The molecule has 0 radical (unpaired) electrons. The summed E-state index contributed by atoms with van der Waals surface area (Å²) in [5.74, 6) is 7.18. The van der Waals surface area contributed by atoms with Gasteiger partial charge in [0, 0.05) is 6.04 Å². The Morgan fingerprint density at radius 3 is 2.46 bits per heavy atom. The van der Waals surface area contributed by atoms with Crippen LogP contribution < -0.4 is 5.73 Å². The van der Waals surface area contributed by atoms with Crippen molar-refractivity contribution in [2.75, 3.05) is 0 Å². The van der Waals surface area contributed by atoms with Crippen LogP contribution in [0, 0.1) is 52.8 Å². The van der Waals surface area contributed by atoms with Crippen molar-refractivity contribution in [1.82, 2.24) is 0 Å². The van der Waals surface area contributed by atoms with E-state index in [1.54, 1.807) is 0 Å². The second-order valence-electron chi connectivity index (χ2n) is 10.4. The minimum atomic E-state index is 0.297. The maximum absolute atomic E-state index is 6.54. The molecule has 3 saturated carbocycles. The Morgan fingerprint density at radius 1 is 0.692 bits per heavy atom. The first-order valence-corrected chi connectivity index (χ1v) is 11.6. The first-order chi connectivity index (χ1) is 12.8. The number of hydrogen-bond acceptors (Lipinski definition) is 1. The SMILES string of the molecule is NC1C=CC2C3C=CCCC3C3(C4C=CCCC4C4CCCCC43)C2C1. The van der Waals surface area contributed by atoms with Crippen molar-refractivity contribution in [3.05, 3.63) is 36.5 Å². The van der Waals surface area contributed by atoms with Crippen LogP contribution in [0.3, 0.4) is 0 Å². The number of rotatable bonds is 0. The second-order valence-corrected chi connectivity index (χ2v) is 10.4. The molecule has 1 spiro atoms. The molecule has 26 heavy (non-hydrogen) atoms. The molecule has 10 unspecified atom stereocenters. The van der Waals surface area contributed by atoms with E-state index >= 15 is 0 Å². The highest BCUT2D eigenvalue weighted by atomic mass is 14.8. The molecule has 0 heterocycles. The van der Waals surface area contributed by atoms with E-state index in [-0.39, 0.29) is 0 Å². The Labute approximate surface area is 159 Å². The maximum atomic E-state index is 6.54. The summed E-state index contributed by atoms with van der Waals surface area (Å²) in [5, 5.41) is 0.